The van der Waals surface area contributed by atoms with Crippen molar-refractivity contribution in [3.8, 4) is 0 Å². The van der Waals surface area contributed by atoms with Crippen molar-refractivity contribution in [3.05, 3.63) is 91.0 Å². The highest BCUT2D eigenvalue weighted by Crippen LogP contribution is 2.42. The minimum Gasteiger partial charge on any atom is -0.272 e. The molecule has 0 bridgehead atoms. The van der Waals surface area contributed by atoms with Crippen LogP contribution in [0.4, 0.5) is 17.1 Å². The zero-order chi connectivity index (χ0) is 22.6. The number of non-ortho nitro benzene ring substituents is 1. The molecule has 1 aliphatic rings. The third kappa shape index (κ3) is 5.03. The molecule has 0 aromatic heterocycles. The number of nitro groups is 2. The van der Waals surface area contributed by atoms with Crippen molar-refractivity contribution < 1.29 is 9.85 Å². The summed E-state index contributed by atoms with van der Waals surface area (Å²) < 4.78 is 0. The van der Waals surface area contributed by atoms with Crippen LogP contribution in [0.1, 0.15) is 39.2 Å². The monoisotopic (exact) mass is 420 g/mol. The zero-order valence-electron chi connectivity index (χ0n) is 17.7. The number of benzene rings is 2. The standard InChI is InChI=1S/C23H24N4O4/c1-16-18(13-17-7-5-4-6-8-17)11-12-23(2,3)20(16)15-24-25-21-10-9-19(26(28)29)14-22(21)27(30)31/h4-10,13-15,25H,11-12H2,1-3H3/b18-13-,24-15+. The van der Waals surface area contributed by atoms with Crippen molar-refractivity contribution in [3.63, 3.8) is 0 Å². The largest absolute Gasteiger partial charge is 0.301 e. The van der Waals surface area contributed by atoms with E-state index in [4.69, 9.17) is 0 Å². The minimum atomic E-state index is -0.667. The average molecular weight is 420 g/mol. The molecule has 2 aromatic carbocycles. The first kappa shape index (κ1) is 21.9. The van der Waals surface area contributed by atoms with Crippen molar-refractivity contribution >= 4 is 29.4 Å². The number of hydrogen-bond donors (Lipinski definition) is 1. The summed E-state index contributed by atoms with van der Waals surface area (Å²) >= 11 is 0. The smallest absolute Gasteiger partial charge is 0.272 e. The summed E-state index contributed by atoms with van der Waals surface area (Å²) in [5, 5.41) is 26.4. The second-order valence-electron chi connectivity index (χ2n) is 8.09. The van der Waals surface area contributed by atoms with Crippen LogP contribution in [-0.2, 0) is 0 Å². The molecule has 8 nitrogen and oxygen atoms in total. The zero-order valence-corrected chi connectivity index (χ0v) is 17.7. The van der Waals surface area contributed by atoms with Gasteiger partial charge in [-0.1, -0.05) is 50.3 Å². The molecule has 0 aliphatic heterocycles. The number of hydrazone groups is 1. The highest BCUT2D eigenvalue weighted by atomic mass is 16.6. The molecule has 2 aromatic rings. The summed E-state index contributed by atoms with van der Waals surface area (Å²) in [7, 11) is 0. The maximum Gasteiger partial charge on any atom is 0.301 e. The molecule has 0 heterocycles. The van der Waals surface area contributed by atoms with Gasteiger partial charge in [-0.3, -0.25) is 25.7 Å². The fraction of sp³-hybridized carbons (Fsp3) is 0.261. The van der Waals surface area contributed by atoms with E-state index >= 15 is 0 Å². The Morgan fingerprint density at radius 1 is 1.06 bits per heavy atom. The first-order chi connectivity index (χ1) is 14.7. The molecule has 1 N–H and O–H groups in total. The van der Waals surface area contributed by atoms with Crippen LogP contribution in [0.25, 0.3) is 6.08 Å². The number of nitrogens with zero attached hydrogens (tertiary/aromatic N) is 3. The predicted octanol–water partition coefficient (Wildman–Crippen LogP) is 6.12. The van der Waals surface area contributed by atoms with E-state index in [2.05, 4.69) is 49.5 Å². The second kappa shape index (κ2) is 8.91. The molecular formula is C23H24N4O4. The Balaban J connectivity index is 1.91. The van der Waals surface area contributed by atoms with Crippen LogP contribution in [0.15, 0.2) is 70.4 Å². The highest BCUT2D eigenvalue weighted by molar-refractivity contribution is 5.85. The van der Waals surface area contributed by atoms with Gasteiger partial charge >= 0.3 is 5.69 Å². The van der Waals surface area contributed by atoms with Gasteiger partial charge in [0.15, 0.2) is 0 Å². The quantitative estimate of drug-likeness (QED) is 0.344. The number of anilines is 1. The van der Waals surface area contributed by atoms with Gasteiger partial charge in [0, 0.05) is 6.07 Å². The topological polar surface area (TPSA) is 111 Å². The van der Waals surface area contributed by atoms with Crippen molar-refractivity contribution in [2.75, 3.05) is 5.43 Å². The fourth-order valence-electron chi connectivity index (χ4n) is 3.70. The Bertz CT molecular complexity index is 1100. The van der Waals surface area contributed by atoms with E-state index in [0.717, 1.165) is 35.6 Å². The Hall–Kier alpha value is -3.81. The van der Waals surface area contributed by atoms with Crippen LogP contribution < -0.4 is 5.43 Å². The fourth-order valence-corrected chi connectivity index (χ4v) is 3.70. The molecule has 3 rings (SSSR count). The molecule has 0 unspecified atom stereocenters. The second-order valence-corrected chi connectivity index (χ2v) is 8.09. The lowest BCUT2D eigenvalue weighted by atomic mass is 9.71. The molecule has 8 heteroatoms. The number of hydrogen-bond acceptors (Lipinski definition) is 6. The Morgan fingerprint density at radius 2 is 1.77 bits per heavy atom. The SMILES string of the molecule is CC1=C(/C=N/Nc2ccc([N+](=O)[O-])cc2[N+](=O)[O-])C(C)(C)CC/C1=C/c1ccccc1. The number of nitrogens with one attached hydrogen (secondary N) is 1. The van der Waals surface area contributed by atoms with Gasteiger partial charge in [-0.25, -0.2) is 0 Å². The van der Waals surface area contributed by atoms with Gasteiger partial charge in [-0.05, 0) is 53.5 Å². The molecule has 0 spiro atoms. The molecule has 160 valence electrons. The lowest BCUT2D eigenvalue weighted by Gasteiger charge is -2.33. The maximum absolute atomic E-state index is 11.3. The van der Waals surface area contributed by atoms with Crippen molar-refractivity contribution in [1.29, 1.82) is 0 Å². The number of nitro benzene ring substituents is 2. The summed E-state index contributed by atoms with van der Waals surface area (Å²) in [6.07, 6.45) is 5.76. The van der Waals surface area contributed by atoms with Gasteiger partial charge in [0.05, 0.1) is 22.1 Å². The third-order valence-corrected chi connectivity index (χ3v) is 5.54. The molecule has 0 saturated heterocycles. The van der Waals surface area contributed by atoms with E-state index in [1.54, 1.807) is 6.21 Å². The van der Waals surface area contributed by atoms with Crippen molar-refractivity contribution in [2.45, 2.75) is 33.6 Å². The first-order valence-electron chi connectivity index (χ1n) is 9.88. The summed E-state index contributed by atoms with van der Waals surface area (Å²) in [5.41, 5.74) is 6.46. The normalized spacial score (nSPS) is 17.2. The number of allylic oxidation sites excluding steroid dienone is 3. The molecular weight excluding hydrogens is 396 g/mol. The molecule has 0 fully saturated rings. The van der Waals surface area contributed by atoms with E-state index in [0.29, 0.717) is 0 Å². The average Bonchev–Trinajstić information content (AvgIpc) is 2.73. The van der Waals surface area contributed by atoms with Crippen molar-refractivity contribution in [1.82, 2.24) is 0 Å². The van der Waals surface area contributed by atoms with Gasteiger partial charge in [0.1, 0.15) is 5.69 Å². The molecule has 0 amide bonds. The van der Waals surface area contributed by atoms with Crippen LogP contribution in [0, 0.1) is 25.6 Å². The molecule has 1 aliphatic carbocycles. The maximum atomic E-state index is 11.3. The van der Waals surface area contributed by atoms with Crippen LogP contribution in [-0.4, -0.2) is 16.1 Å². The summed E-state index contributed by atoms with van der Waals surface area (Å²) in [4.78, 5) is 20.9. The Kier molecular flexibility index (Phi) is 6.29. The lowest BCUT2D eigenvalue weighted by molar-refractivity contribution is -0.393. The van der Waals surface area contributed by atoms with Gasteiger partial charge in [0.2, 0.25) is 0 Å². The van der Waals surface area contributed by atoms with E-state index < -0.39 is 15.5 Å². The van der Waals surface area contributed by atoms with Gasteiger partial charge in [-0.15, -0.1) is 0 Å². The van der Waals surface area contributed by atoms with Gasteiger partial charge < -0.3 is 0 Å². The summed E-state index contributed by atoms with van der Waals surface area (Å²) in [6.45, 7) is 6.35. The molecule has 31 heavy (non-hydrogen) atoms. The molecule has 0 atom stereocenters. The van der Waals surface area contributed by atoms with E-state index in [9.17, 15) is 20.2 Å². The van der Waals surface area contributed by atoms with Gasteiger partial charge in [-0.2, -0.15) is 5.10 Å². The van der Waals surface area contributed by atoms with Crippen molar-refractivity contribution in [2.24, 2.45) is 10.5 Å². The Labute approximate surface area is 180 Å². The predicted molar refractivity (Wildman–Crippen MR) is 122 cm³/mol. The molecule has 0 saturated carbocycles. The van der Waals surface area contributed by atoms with Gasteiger partial charge in [0.25, 0.3) is 5.69 Å². The minimum absolute atomic E-state index is 0.0961. The van der Waals surface area contributed by atoms with E-state index in [-0.39, 0.29) is 16.8 Å². The summed E-state index contributed by atoms with van der Waals surface area (Å²) in [6, 6.07) is 13.5. The Morgan fingerprint density at radius 3 is 2.42 bits per heavy atom. The van der Waals surface area contributed by atoms with Crippen LogP contribution in [0.2, 0.25) is 0 Å². The van der Waals surface area contributed by atoms with Crippen LogP contribution in [0.3, 0.4) is 0 Å². The van der Waals surface area contributed by atoms with Crippen LogP contribution in [0.5, 0.6) is 0 Å². The summed E-state index contributed by atoms with van der Waals surface area (Å²) in [5.74, 6) is 0. The molecule has 0 radical (unpaired) electrons. The third-order valence-electron chi connectivity index (χ3n) is 5.54. The van der Waals surface area contributed by atoms with Crippen LogP contribution >= 0.6 is 0 Å². The van der Waals surface area contributed by atoms with E-state index in [1.165, 1.54) is 17.7 Å². The number of rotatable bonds is 6. The lowest BCUT2D eigenvalue weighted by Crippen LogP contribution is -2.22. The first-order valence-corrected chi connectivity index (χ1v) is 9.88. The van der Waals surface area contributed by atoms with E-state index in [1.807, 2.05) is 18.2 Å². The highest BCUT2D eigenvalue weighted by Gasteiger charge is 2.29.